The number of imidazole rings is 1. The Morgan fingerprint density at radius 1 is 0.907 bits per heavy atom. The van der Waals surface area contributed by atoms with Crippen molar-refractivity contribution in [1.29, 1.82) is 0 Å². The van der Waals surface area contributed by atoms with E-state index in [1.165, 1.54) is 10.8 Å². The van der Waals surface area contributed by atoms with Gasteiger partial charge < -0.3 is 28.0 Å². The normalized spacial score (nSPS) is 17.7. The second-order valence-electron chi connectivity index (χ2n) is 12.7. The van der Waals surface area contributed by atoms with Gasteiger partial charge in [-0.3, -0.25) is 18.7 Å². The maximum absolute atomic E-state index is 13.2. The first kappa shape index (κ1) is 37.0. The third kappa shape index (κ3) is 7.39. The van der Waals surface area contributed by atoms with Crippen molar-refractivity contribution in [3.05, 3.63) is 171 Å². The lowest BCUT2D eigenvalue weighted by atomic mass is 9.80. The number of para-hydroxylation sites is 2. The lowest BCUT2D eigenvalue weighted by molar-refractivity contribution is -0.0918. The molecule has 1 aliphatic heterocycles. The number of nitrogens with one attached hydrogen (secondary N) is 1. The van der Waals surface area contributed by atoms with E-state index in [1.54, 1.807) is 33.5 Å². The molecule has 278 valence electrons. The summed E-state index contributed by atoms with van der Waals surface area (Å²) in [5, 5.41) is 0. The minimum atomic E-state index is -1.78. The highest BCUT2D eigenvalue weighted by Crippen LogP contribution is 2.48. The van der Waals surface area contributed by atoms with Crippen LogP contribution in [0.3, 0.4) is 0 Å². The van der Waals surface area contributed by atoms with E-state index in [2.05, 4.69) is 16.5 Å². The van der Waals surface area contributed by atoms with Crippen LogP contribution < -0.4 is 20.7 Å². The highest BCUT2D eigenvalue weighted by Gasteiger charge is 2.44. The van der Waals surface area contributed by atoms with Crippen molar-refractivity contribution >= 4 is 19.6 Å². The van der Waals surface area contributed by atoms with Gasteiger partial charge in [-0.2, -0.15) is 0 Å². The molecule has 7 rings (SSSR count). The Kier molecular flexibility index (Phi) is 11.2. The zero-order valence-corrected chi connectivity index (χ0v) is 31.1. The summed E-state index contributed by atoms with van der Waals surface area (Å²) < 4.78 is 41.3. The fraction of sp³-hybridized carbons (Fsp3) is 0.244. The summed E-state index contributed by atoms with van der Waals surface area (Å²) in [6, 6.07) is 33.2. The van der Waals surface area contributed by atoms with Crippen molar-refractivity contribution in [2.45, 2.75) is 37.4 Å². The number of aromatic nitrogens is 4. The second kappa shape index (κ2) is 16.3. The third-order valence-electron chi connectivity index (χ3n) is 9.41. The fourth-order valence-electron chi connectivity index (χ4n) is 6.67. The van der Waals surface area contributed by atoms with Gasteiger partial charge in [0.2, 0.25) is 0 Å². The molecule has 1 unspecified atom stereocenters. The van der Waals surface area contributed by atoms with E-state index in [-0.39, 0.29) is 19.6 Å². The van der Waals surface area contributed by atoms with Crippen molar-refractivity contribution in [3.8, 4) is 11.5 Å². The minimum absolute atomic E-state index is 0.0283. The summed E-state index contributed by atoms with van der Waals surface area (Å²) >= 11 is 0. The van der Waals surface area contributed by atoms with Crippen LogP contribution in [-0.2, 0) is 24.1 Å². The fourth-order valence-corrected chi connectivity index (χ4v) is 8.12. The number of nitrogens with zero attached hydrogens (tertiary/aromatic N) is 3. The number of ether oxygens (including phenoxy) is 4. The van der Waals surface area contributed by atoms with Gasteiger partial charge in [0.25, 0.3) is 14.1 Å². The predicted octanol–water partition coefficient (Wildman–Crippen LogP) is 6.87. The third-order valence-corrected chi connectivity index (χ3v) is 10.9. The summed E-state index contributed by atoms with van der Waals surface area (Å²) in [6.45, 7) is 5.73. The minimum Gasteiger partial charge on any atom is -0.497 e. The number of hydrogen-bond acceptors (Lipinski definition) is 9. The second-order valence-corrected chi connectivity index (χ2v) is 14.1. The molecule has 0 radical (unpaired) electrons. The van der Waals surface area contributed by atoms with Gasteiger partial charge in [-0.05, 0) is 60.0 Å². The standard InChI is InChI=1S/C41H41N4O8P/c1-5-23-51-54(45-27-42-34-13-9-10-14-35(34)45)53-36-24-38(44-25-28(2)39(46)43-40(44)47)52-37(36)26-50-41(29-11-7-6-8-12-29,30-15-19-32(48-3)20-16-30)31-17-21-33(49-4)22-18-31/h5-22,25,27,36-38H,1,23-24,26H2,2-4H3,(H,43,46,47)/t36-,37+,38+,54?/m0/s1. The van der Waals surface area contributed by atoms with E-state index in [4.69, 9.17) is 28.0 Å². The molecule has 54 heavy (non-hydrogen) atoms. The number of hydrogen-bond donors (Lipinski definition) is 1. The van der Waals surface area contributed by atoms with Gasteiger partial charge in [0.1, 0.15) is 35.8 Å². The molecule has 2 aromatic heterocycles. The predicted molar refractivity (Wildman–Crippen MR) is 206 cm³/mol. The number of aromatic amines is 1. The zero-order valence-electron chi connectivity index (χ0n) is 30.2. The van der Waals surface area contributed by atoms with Crippen LogP contribution in [0.15, 0.2) is 138 Å². The first-order chi connectivity index (χ1) is 26.3. The Labute approximate surface area is 313 Å². The largest absolute Gasteiger partial charge is 0.497 e. The lowest BCUT2D eigenvalue weighted by Crippen LogP contribution is -2.38. The summed E-state index contributed by atoms with van der Waals surface area (Å²) in [5.74, 6) is 1.40. The average Bonchev–Trinajstić information content (AvgIpc) is 3.83. The highest BCUT2D eigenvalue weighted by atomic mass is 31.2. The zero-order chi connectivity index (χ0) is 37.7. The van der Waals surface area contributed by atoms with Crippen LogP contribution >= 0.6 is 8.53 Å². The summed E-state index contributed by atoms with van der Waals surface area (Å²) in [7, 11) is 1.48. The Balaban J connectivity index is 1.31. The number of methoxy groups -OCH3 is 2. The van der Waals surface area contributed by atoms with Crippen molar-refractivity contribution < 1.29 is 28.0 Å². The Hall–Kier alpha value is -5.36. The molecule has 0 amide bonds. The van der Waals surface area contributed by atoms with Gasteiger partial charge in [-0.25, -0.2) is 9.78 Å². The molecule has 0 saturated carbocycles. The van der Waals surface area contributed by atoms with Crippen LogP contribution in [0, 0.1) is 6.92 Å². The first-order valence-electron chi connectivity index (χ1n) is 17.4. The number of aryl methyl sites for hydroxylation is 1. The van der Waals surface area contributed by atoms with Gasteiger partial charge in [0.05, 0.1) is 44.6 Å². The molecule has 12 nitrogen and oxygen atoms in total. The molecule has 6 aromatic rings. The van der Waals surface area contributed by atoms with Crippen LogP contribution in [0.2, 0.25) is 0 Å². The van der Waals surface area contributed by atoms with Gasteiger partial charge >= 0.3 is 5.69 Å². The van der Waals surface area contributed by atoms with Crippen LogP contribution in [0.4, 0.5) is 0 Å². The highest BCUT2D eigenvalue weighted by molar-refractivity contribution is 7.45. The van der Waals surface area contributed by atoms with Gasteiger partial charge in [-0.1, -0.05) is 72.8 Å². The molecule has 1 aliphatic rings. The molecule has 3 heterocycles. The first-order valence-corrected chi connectivity index (χ1v) is 18.6. The van der Waals surface area contributed by atoms with Crippen molar-refractivity contribution in [1.82, 2.24) is 18.9 Å². The van der Waals surface area contributed by atoms with Gasteiger partial charge in [0, 0.05) is 18.2 Å². The van der Waals surface area contributed by atoms with Gasteiger partial charge in [-0.15, -0.1) is 6.58 Å². The molecule has 0 bridgehead atoms. The molecule has 4 aromatic carbocycles. The van der Waals surface area contributed by atoms with Crippen LogP contribution in [0.1, 0.15) is 34.9 Å². The molecule has 1 N–H and O–H groups in total. The van der Waals surface area contributed by atoms with Crippen LogP contribution in [0.25, 0.3) is 11.0 Å². The molecule has 4 atom stereocenters. The van der Waals surface area contributed by atoms with Crippen LogP contribution in [-0.4, -0.2) is 58.5 Å². The Bertz CT molecular complexity index is 2260. The maximum Gasteiger partial charge on any atom is 0.330 e. The molecule has 1 saturated heterocycles. The number of H-pyrrole nitrogens is 1. The van der Waals surface area contributed by atoms with Crippen molar-refractivity contribution in [2.75, 3.05) is 27.4 Å². The van der Waals surface area contributed by atoms with E-state index < -0.39 is 43.8 Å². The summed E-state index contributed by atoms with van der Waals surface area (Å²) in [4.78, 5) is 32.4. The van der Waals surface area contributed by atoms with E-state index in [0.29, 0.717) is 17.1 Å². The molecule has 0 spiro atoms. The van der Waals surface area contributed by atoms with Crippen molar-refractivity contribution in [3.63, 3.8) is 0 Å². The average molecular weight is 749 g/mol. The quantitative estimate of drug-likeness (QED) is 0.0680. The smallest absolute Gasteiger partial charge is 0.330 e. The topological polar surface area (TPSA) is 128 Å². The molecular weight excluding hydrogens is 707 g/mol. The molecule has 0 aliphatic carbocycles. The van der Waals surface area contributed by atoms with Gasteiger partial charge in [0.15, 0.2) is 0 Å². The van der Waals surface area contributed by atoms with E-state index in [9.17, 15) is 9.59 Å². The Morgan fingerprint density at radius 2 is 1.54 bits per heavy atom. The molecule has 13 heteroatoms. The number of rotatable bonds is 15. The number of fused-ring (bicyclic) bond motifs is 1. The van der Waals surface area contributed by atoms with E-state index in [1.807, 2.05) is 107 Å². The van der Waals surface area contributed by atoms with Crippen LogP contribution in [0.5, 0.6) is 11.5 Å². The maximum atomic E-state index is 13.2. The monoisotopic (exact) mass is 748 g/mol. The molecular formula is C41H41N4O8P. The van der Waals surface area contributed by atoms with E-state index in [0.717, 1.165) is 27.7 Å². The number of benzene rings is 4. The summed E-state index contributed by atoms with van der Waals surface area (Å²) in [6.07, 6.45) is 3.00. The SMILES string of the molecule is C=CCOP(O[C@H]1C[C@H](n2cc(C)c(=O)[nH]c2=O)O[C@@H]1COC(c1ccccc1)(c1ccc(OC)cc1)c1ccc(OC)cc1)n1cnc2ccccc21. The molecule has 1 fully saturated rings. The van der Waals surface area contributed by atoms with Crippen molar-refractivity contribution in [2.24, 2.45) is 0 Å². The summed E-state index contributed by atoms with van der Waals surface area (Å²) in [5.41, 5.74) is 2.39. The van der Waals surface area contributed by atoms with E-state index >= 15 is 0 Å². The Morgan fingerprint density at radius 3 is 2.19 bits per heavy atom. The lowest BCUT2D eigenvalue weighted by Gasteiger charge is -2.37.